The zero-order valence-electron chi connectivity index (χ0n) is 16.6. The van der Waals surface area contributed by atoms with Crippen molar-refractivity contribution in [3.8, 4) is 0 Å². The molecule has 10 heteroatoms. The van der Waals surface area contributed by atoms with E-state index in [1.54, 1.807) is 0 Å². The third-order valence-corrected chi connectivity index (χ3v) is 7.14. The summed E-state index contributed by atoms with van der Waals surface area (Å²) in [5.41, 5.74) is 0. The minimum Gasteiger partial charge on any atom is -0.367 e. The Hall–Kier alpha value is -1.61. The van der Waals surface area contributed by atoms with Crippen molar-refractivity contribution in [2.75, 3.05) is 24.3 Å². The molecule has 0 spiro atoms. The number of hydrogen-bond acceptors (Lipinski definition) is 6. The molecular weight excluding hydrogens is 433 g/mol. The van der Waals surface area contributed by atoms with E-state index in [0.717, 1.165) is 37.3 Å². The molecule has 1 saturated carbocycles. The summed E-state index contributed by atoms with van der Waals surface area (Å²) in [6.45, 7) is 1.87. The Labute approximate surface area is 181 Å². The number of hydrogen-bond donors (Lipinski definition) is 2. The van der Waals surface area contributed by atoms with Gasteiger partial charge in [-0.05, 0) is 50.8 Å². The van der Waals surface area contributed by atoms with Crippen LogP contribution >= 0.6 is 23.2 Å². The number of anilines is 2. The molecule has 7 nitrogen and oxygen atoms in total. The molecule has 29 heavy (non-hydrogen) atoms. The van der Waals surface area contributed by atoms with Gasteiger partial charge >= 0.3 is 0 Å². The molecule has 1 fully saturated rings. The maximum absolute atomic E-state index is 12.6. The zero-order chi connectivity index (χ0) is 21.2. The maximum Gasteiger partial charge on any atom is 0.240 e. The fourth-order valence-corrected chi connectivity index (χ4v) is 5.04. The van der Waals surface area contributed by atoms with Gasteiger partial charge in [-0.25, -0.2) is 23.1 Å². The van der Waals surface area contributed by atoms with Gasteiger partial charge in [-0.15, -0.1) is 0 Å². The molecule has 0 bridgehead atoms. The molecule has 1 heterocycles. The highest BCUT2D eigenvalue weighted by Crippen LogP contribution is 2.27. The van der Waals surface area contributed by atoms with Gasteiger partial charge in [-0.3, -0.25) is 0 Å². The van der Waals surface area contributed by atoms with Crippen LogP contribution in [-0.2, 0) is 10.0 Å². The number of benzene rings is 1. The van der Waals surface area contributed by atoms with Gasteiger partial charge in [-0.1, -0.05) is 23.2 Å². The Morgan fingerprint density at radius 3 is 2.28 bits per heavy atom. The van der Waals surface area contributed by atoms with Crippen LogP contribution < -0.4 is 14.9 Å². The molecule has 0 atom stereocenters. The van der Waals surface area contributed by atoms with E-state index in [1.807, 2.05) is 32.0 Å². The van der Waals surface area contributed by atoms with Crippen LogP contribution in [0.1, 0.15) is 31.5 Å². The normalized spacial score (nSPS) is 19.8. The van der Waals surface area contributed by atoms with E-state index in [1.165, 1.54) is 18.2 Å². The monoisotopic (exact) mass is 457 g/mol. The number of aryl methyl sites for hydroxylation is 1. The largest absolute Gasteiger partial charge is 0.367 e. The van der Waals surface area contributed by atoms with Crippen LogP contribution in [0.2, 0.25) is 10.0 Å². The maximum atomic E-state index is 12.6. The number of aromatic nitrogens is 2. The number of rotatable bonds is 6. The van der Waals surface area contributed by atoms with Gasteiger partial charge in [0, 0.05) is 32.2 Å². The fraction of sp³-hybridized carbons (Fsp3) is 0.474. The summed E-state index contributed by atoms with van der Waals surface area (Å²) in [5, 5.41) is 4.01. The molecule has 0 radical (unpaired) electrons. The summed E-state index contributed by atoms with van der Waals surface area (Å²) in [6.07, 6.45) is 3.16. The highest BCUT2D eigenvalue weighted by molar-refractivity contribution is 7.89. The first-order chi connectivity index (χ1) is 13.6. The van der Waals surface area contributed by atoms with Crippen LogP contribution in [-0.4, -0.2) is 44.6 Å². The smallest absolute Gasteiger partial charge is 0.240 e. The lowest BCUT2D eigenvalue weighted by atomic mass is 9.92. The van der Waals surface area contributed by atoms with Crippen molar-refractivity contribution in [3.05, 3.63) is 40.1 Å². The third-order valence-electron chi connectivity index (χ3n) is 4.88. The molecule has 0 saturated heterocycles. The van der Waals surface area contributed by atoms with Crippen molar-refractivity contribution in [1.29, 1.82) is 0 Å². The fourth-order valence-electron chi connectivity index (χ4n) is 3.35. The van der Waals surface area contributed by atoms with Crippen LogP contribution in [0.25, 0.3) is 0 Å². The highest BCUT2D eigenvalue weighted by atomic mass is 35.5. The van der Waals surface area contributed by atoms with E-state index < -0.39 is 10.0 Å². The molecule has 1 aromatic heterocycles. The molecule has 1 aromatic carbocycles. The summed E-state index contributed by atoms with van der Waals surface area (Å²) < 4.78 is 28.0. The summed E-state index contributed by atoms with van der Waals surface area (Å²) >= 11 is 11.8. The van der Waals surface area contributed by atoms with Gasteiger partial charge in [-0.2, -0.15) is 0 Å². The molecular formula is C19H25Cl2N5O2S. The minimum atomic E-state index is -3.64. The van der Waals surface area contributed by atoms with E-state index in [4.69, 9.17) is 23.2 Å². The van der Waals surface area contributed by atoms with Gasteiger partial charge in [0.1, 0.15) is 17.5 Å². The van der Waals surface area contributed by atoms with E-state index in [2.05, 4.69) is 20.0 Å². The van der Waals surface area contributed by atoms with Crippen LogP contribution in [0.4, 0.5) is 11.6 Å². The van der Waals surface area contributed by atoms with Gasteiger partial charge in [0.25, 0.3) is 0 Å². The van der Waals surface area contributed by atoms with Crippen molar-refractivity contribution in [1.82, 2.24) is 14.7 Å². The molecule has 0 amide bonds. The standard InChI is InChI=1S/C19H25Cl2N5O2S/c1-12-22-18(11-19(23-12)26(2)3)24-13-4-6-14(7-5-13)25-29(27,28)15-8-9-16(20)17(21)10-15/h8-11,13-14,25H,4-7H2,1-3H3,(H,22,23,24). The summed E-state index contributed by atoms with van der Waals surface area (Å²) in [7, 11) is 0.246. The molecule has 3 rings (SSSR count). The molecule has 0 unspecified atom stereocenters. The number of halogens is 2. The molecule has 0 aliphatic heterocycles. The van der Waals surface area contributed by atoms with E-state index in [-0.39, 0.29) is 22.0 Å². The second-order valence-corrected chi connectivity index (χ2v) is 9.97. The zero-order valence-corrected chi connectivity index (χ0v) is 18.9. The predicted molar refractivity (Wildman–Crippen MR) is 118 cm³/mol. The summed E-state index contributed by atoms with van der Waals surface area (Å²) in [6, 6.07) is 6.38. The first-order valence-corrected chi connectivity index (χ1v) is 11.6. The third kappa shape index (κ3) is 5.72. The molecule has 1 aliphatic carbocycles. The van der Waals surface area contributed by atoms with Crippen LogP contribution in [0, 0.1) is 6.92 Å². The van der Waals surface area contributed by atoms with Gasteiger partial charge in [0.15, 0.2) is 0 Å². The van der Waals surface area contributed by atoms with Gasteiger partial charge < -0.3 is 10.2 Å². The van der Waals surface area contributed by atoms with Crippen molar-refractivity contribution < 1.29 is 8.42 Å². The number of nitrogens with zero attached hydrogens (tertiary/aromatic N) is 3. The van der Waals surface area contributed by atoms with Gasteiger partial charge in [0.05, 0.1) is 14.9 Å². The number of sulfonamides is 1. The SMILES string of the molecule is Cc1nc(NC2CCC(NS(=O)(=O)c3ccc(Cl)c(Cl)c3)CC2)cc(N(C)C)n1. The first-order valence-electron chi connectivity index (χ1n) is 9.41. The van der Waals surface area contributed by atoms with Crippen LogP contribution in [0.15, 0.2) is 29.2 Å². The Balaban J connectivity index is 1.58. The van der Waals surface area contributed by atoms with E-state index in [9.17, 15) is 8.42 Å². The summed E-state index contributed by atoms with van der Waals surface area (Å²) in [4.78, 5) is 10.9. The van der Waals surface area contributed by atoms with E-state index in [0.29, 0.717) is 10.8 Å². The lowest BCUT2D eigenvalue weighted by molar-refractivity contribution is 0.387. The molecule has 1 aliphatic rings. The van der Waals surface area contributed by atoms with Crippen LogP contribution in [0.5, 0.6) is 0 Å². The lowest BCUT2D eigenvalue weighted by Crippen LogP contribution is -2.40. The van der Waals surface area contributed by atoms with Crippen molar-refractivity contribution in [2.24, 2.45) is 0 Å². The van der Waals surface area contributed by atoms with Crippen molar-refractivity contribution >= 4 is 44.9 Å². The second-order valence-electron chi connectivity index (χ2n) is 7.44. The van der Waals surface area contributed by atoms with Crippen molar-refractivity contribution in [3.63, 3.8) is 0 Å². The number of nitrogens with one attached hydrogen (secondary N) is 2. The topological polar surface area (TPSA) is 87.2 Å². The molecule has 2 N–H and O–H groups in total. The Kier molecular flexibility index (Phi) is 6.88. The Morgan fingerprint density at radius 2 is 1.66 bits per heavy atom. The lowest BCUT2D eigenvalue weighted by Gasteiger charge is -2.30. The highest BCUT2D eigenvalue weighted by Gasteiger charge is 2.26. The van der Waals surface area contributed by atoms with Crippen LogP contribution in [0.3, 0.4) is 0 Å². The second kappa shape index (κ2) is 9.04. The van der Waals surface area contributed by atoms with E-state index >= 15 is 0 Å². The average Bonchev–Trinajstić information content (AvgIpc) is 2.64. The first kappa shape index (κ1) is 22.1. The Bertz CT molecular complexity index is 977. The quantitative estimate of drug-likeness (QED) is 0.684. The summed E-state index contributed by atoms with van der Waals surface area (Å²) in [5.74, 6) is 2.35. The predicted octanol–water partition coefficient (Wildman–Crippen LogP) is 3.86. The van der Waals surface area contributed by atoms with Gasteiger partial charge in [0.2, 0.25) is 10.0 Å². The minimum absolute atomic E-state index is 0.114. The molecule has 158 valence electrons. The average molecular weight is 458 g/mol. The Morgan fingerprint density at radius 1 is 1.00 bits per heavy atom. The van der Waals surface area contributed by atoms with Crippen molar-refractivity contribution in [2.45, 2.75) is 49.6 Å². The molecule has 2 aromatic rings.